The van der Waals surface area contributed by atoms with Crippen molar-refractivity contribution >= 4 is 10.0 Å². The lowest BCUT2D eigenvalue weighted by molar-refractivity contribution is 0.513. The van der Waals surface area contributed by atoms with E-state index in [1.54, 1.807) is 6.07 Å². The van der Waals surface area contributed by atoms with Crippen LogP contribution in [-0.2, 0) is 16.6 Å². The molecule has 1 aliphatic carbocycles. The molecule has 1 fully saturated rings. The van der Waals surface area contributed by atoms with Crippen LogP contribution in [0.5, 0.6) is 0 Å². The first kappa shape index (κ1) is 15.0. The molecule has 116 valence electrons. The van der Waals surface area contributed by atoms with Crippen molar-refractivity contribution in [3.05, 3.63) is 53.6 Å². The van der Waals surface area contributed by atoms with E-state index in [9.17, 15) is 17.2 Å². The number of aromatic nitrogens is 2. The van der Waals surface area contributed by atoms with Crippen LogP contribution < -0.4 is 4.72 Å². The molecule has 0 aliphatic heterocycles. The number of hydrogen-bond donors (Lipinski definition) is 1. The van der Waals surface area contributed by atoms with E-state index < -0.39 is 26.6 Å². The smallest absolute Gasteiger partial charge is 0.241 e. The van der Waals surface area contributed by atoms with E-state index in [4.69, 9.17) is 0 Å². The summed E-state index contributed by atoms with van der Waals surface area (Å²) in [5.41, 5.74) is 1.32. The Labute approximate surface area is 126 Å². The van der Waals surface area contributed by atoms with Crippen molar-refractivity contribution in [3.8, 4) is 0 Å². The lowest BCUT2D eigenvalue weighted by atomic mass is 10.2. The van der Waals surface area contributed by atoms with Crippen LogP contribution in [0.2, 0.25) is 0 Å². The maximum atomic E-state index is 13.6. The molecule has 0 radical (unpaired) electrons. The highest BCUT2D eigenvalue weighted by Crippen LogP contribution is 2.38. The molecule has 2 aromatic rings. The Morgan fingerprint density at radius 2 is 1.86 bits per heavy atom. The van der Waals surface area contributed by atoms with E-state index in [2.05, 4.69) is 14.7 Å². The van der Waals surface area contributed by atoms with Crippen LogP contribution >= 0.6 is 0 Å². The Morgan fingerprint density at radius 3 is 2.50 bits per heavy atom. The van der Waals surface area contributed by atoms with Gasteiger partial charge in [0.15, 0.2) is 4.90 Å². The molecule has 8 heteroatoms. The molecule has 22 heavy (non-hydrogen) atoms. The molecule has 1 aliphatic rings. The summed E-state index contributed by atoms with van der Waals surface area (Å²) in [7, 11) is -4.30. The third kappa shape index (κ3) is 3.12. The standard InChI is InChI=1S/C14H13F2N3O2S/c15-11-2-1-3-12(16)14(11)22(20,21)19-7-10-6-13(9-4-5-9)18-8-17-10/h1-3,6,8-9,19H,4-5,7H2. The Kier molecular flexibility index (Phi) is 3.88. The summed E-state index contributed by atoms with van der Waals surface area (Å²) in [5.74, 6) is -1.86. The highest BCUT2D eigenvalue weighted by Gasteiger charge is 2.26. The molecule has 1 N–H and O–H groups in total. The SMILES string of the molecule is O=S(=O)(NCc1cc(C2CC2)ncn1)c1c(F)cccc1F. The van der Waals surface area contributed by atoms with Gasteiger partial charge < -0.3 is 0 Å². The first-order valence-corrected chi connectivity index (χ1v) is 8.20. The van der Waals surface area contributed by atoms with E-state index in [1.165, 1.54) is 6.33 Å². The topological polar surface area (TPSA) is 72.0 Å². The highest BCUT2D eigenvalue weighted by molar-refractivity contribution is 7.89. The van der Waals surface area contributed by atoms with E-state index in [1.807, 2.05) is 0 Å². The first-order valence-electron chi connectivity index (χ1n) is 6.72. The zero-order chi connectivity index (χ0) is 15.7. The molecular weight excluding hydrogens is 312 g/mol. The van der Waals surface area contributed by atoms with Crippen LogP contribution in [0.25, 0.3) is 0 Å². The fourth-order valence-corrected chi connectivity index (χ4v) is 3.23. The molecule has 0 amide bonds. The first-order chi connectivity index (χ1) is 10.5. The second-order valence-corrected chi connectivity index (χ2v) is 6.79. The molecule has 1 aromatic carbocycles. The van der Waals surface area contributed by atoms with Gasteiger partial charge in [-0.15, -0.1) is 0 Å². The summed E-state index contributed by atoms with van der Waals surface area (Å²) in [6, 6.07) is 4.61. The van der Waals surface area contributed by atoms with Crippen molar-refractivity contribution in [1.82, 2.24) is 14.7 Å². The average molecular weight is 325 g/mol. The van der Waals surface area contributed by atoms with Gasteiger partial charge in [-0.25, -0.2) is 31.9 Å². The summed E-state index contributed by atoms with van der Waals surface area (Å²) in [4.78, 5) is 7.11. The molecule has 1 aromatic heterocycles. The molecule has 5 nitrogen and oxygen atoms in total. The molecule has 0 atom stereocenters. The molecule has 3 rings (SSSR count). The predicted molar refractivity (Wildman–Crippen MR) is 74.4 cm³/mol. The highest BCUT2D eigenvalue weighted by atomic mass is 32.2. The number of sulfonamides is 1. The summed E-state index contributed by atoms with van der Waals surface area (Å²) >= 11 is 0. The monoisotopic (exact) mass is 325 g/mol. The number of nitrogens with zero attached hydrogens (tertiary/aromatic N) is 2. The van der Waals surface area contributed by atoms with Gasteiger partial charge in [0.1, 0.15) is 18.0 Å². The molecule has 0 saturated heterocycles. The van der Waals surface area contributed by atoms with Gasteiger partial charge in [-0.3, -0.25) is 0 Å². The Morgan fingerprint density at radius 1 is 1.18 bits per heavy atom. The third-order valence-corrected chi connectivity index (χ3v) is 4.82. The normalized spacial score (nSPS) is 15.0. The van der Waals surface area contributed by atoms with Crippen molar-refractivity contribution in [2.24, 2.45) is 0 Å². The number of nitrogens with one attached hydrogen (secondary N) is 1. The van der Waals surface area contributed by atoms with Gasteiger partial charge in [-0.05, 0) is 31.0 Å². The van der Waals surface area contributed by atoms with Crippen LogP contribution in [0, 0.1) is 11.6 Å². The zero-order valence-electron chi connectivity index (χ0n) is 11.5. The van der Waals surface area contributed by atoms with E-state index in [0.29, 0.717) is 11.6 Å². The number of halogens is 2. The quantitative estimate of drug-likeness (QED) is 0.914. The van der Waals surface area contributed by atoms with Gasteiger partial charge >= 0.3 is 0 Å². The average Bonchev–Trinajstić information content (AvgIpc) is 3.30. The van der Waals surface area contributed by atoms with Gasteiger partial charge in [0.05, 0.1) is 12.2 Å². The minimum atomic E-state index is -4.30. The predicted octanol–water partition coefficient (Wildman–Crippen LogP) is 2.11. The number of hydrogen-bond acceptors (Lipinski definition) is 4. The fraction of sp³-hybridized carbons (Fsp3) is 0.286. The van der Waals surface area contributed by atoms with Gasteiger partial charge in [0.2, 0.25) is 10.0 Å². The molecule has 1 saturated carbocycles. The second kappa shape index (κ2) is 5.69. The van der Waals surface area contributed by atoms with Crippen LogP contribution in [0.4, 0.5) is 8.78 Å². The van der Waals surface area contributed by atoms with Crippen LogP contribution in [0.1, 0.15) is 30.1 Å². The number of rotatable bonds is 5. The lowest BCUT2D eigenvalue weighted by Crippen LogP contribution is -2.25. The Hall–Kier alpha value is -1.93. The molecule has 0 spiro atoms. The Bertz CT molecular complexity index is 787. The van der Waals surface area contributed by atoms with E-state index >= 15 is 0 Å². The van der Waals surface area contributed by atoms with E-state index in [0.717, 1.165) is 36.7 Å². The summed E-state index contributed by atoms with van der Waals surface area (Å²) in [6.07, 6.45) is 3.48. The summed E-state index contributed by atoms with van der Waals surface area (Å²) < 4.78 is 53.4. The van der Waals surface area contributed by atoms with Crippen molar-refractivity contribution in [2.75, 3.05) is 0 Å². The van der Waals surface area contributed by atoms with Crippen molar-refractivity contribution in [3.63, 3.8) is 0 Å². The maximum Gasteiger partial charge on any atom is 0.246 e. The summed E-state index contributed by atoms with van der Waals surface area (Å²) in [5, 5.41) is 0. The molecular formula is C14H13F2N3O2S. The minimum Gasteiger partial charge on any atom is -0.241 e. The number of benzene rings is 1. The minimum absolute atomic E-state index is 0.154. The third-order valence-electron chi connectivity index (χ3n) is 3.37. The van der Waals surface area contributed by atoms with Crippen LogP contribution in [-0.4, -0.2) is 18.4 Å². The lowest BCUT2D eigenvalue weighted by Gasteiger charge is -2.08. The van der Waals surface area contributed by atoms with Gasteiger partial charge in [0, 0.05) is 11.6 Å². The van der Waals surface area contributed by atoms with Gasteiger partial charge in [-0.2, -0.15) is 0 Å². The van der Waals surface area contributed by atoms with E-state index in [-0.39, 0.29) is 6.54 Å². The maximum absolute atomic E-state index is 13.6. The van der Waals surface area contributed by atoms with Crippen molar-refractivity contribution in [2.45, 2.75) is 30.2 Å². The van der Waals surface area contributed by atoms with Gasteiger partial charge in [-0.1, -0.05) is 6.07 Å². The van der Waals surface area contributed by atoms with Crippen molar-refractivity contribution < 1.29 is 17.2 Å². The largest absolute Gasteiger partial charge is 0.246 e. The molecule has 1 heterocycles. The molecule has 0 unspecified atom stereocenters. The fourth-order valence-electron chi connectivity index (χ4n) is 2.09. The van der Waals surface area contributed by atoms with Crippen LogP contribution in [0.3, 0.4) is 0 Å². The summed E-state index contributed by atoms with van der Waals surface area (Å²) in [6.45, 7) is -0.154. The molecule has 0 bridgehead atoms. The second-order valence-electron chi connectivity index (χ2n) is 5.08. The Balaban J connectivity index is 1.79. The van der Waals surface area contributed by atoms with Crippen LogP contribution in [0.15, 0.2) is 35.5 Å². The van der Waals surface area contributed by atoms with Gasteiger partial charge in [0.25, 0.3) is 0 Å². The zero-order valence-corrected chi connectivity index (χ0v) is 12.3. The van der Waals surface area contributed by atoms with Crippen molar-refractivity contribution in [1.29, 1.82) is 0 Å².